The molecular weight excluding hydrogens is 219 g/mol. The number of primary amides is 1. The molecular formula is C13H15FN2O. The summed E-state index contributed by atoms with van der Waals surface area (Å²) in [5.41, 5.74) is 6.72. The third-order valence-corrected chi connectivity index (χ3v) is 2.96. The molecule has 0 radical (unpaired) electrons. The van der Waals surface area contributed by atoms with E-state index in [1.807, 2.05) is 23.7 Å². The number of para-hydroxylation sites is 1. The number of aryl methyl sites for hydroxylation is 2. The number of aromatic nitrogens is 1. The van der Waals surface area contributed by atoms with Crippen molar-refractivity contribution in [2.75, 3.05) is 0 Å². The lowest BCUT2D eigenvalue weighted by atomic mass is 10.2. The Bertz CT molecular complexity index is 560. The predicted octanol–water partition coefficient (Wildman–Crippen LogP) is 2.13. The van der Waals surface area contributed by atoms with Gasteiger partial charge in [0.1, 0.15) is 5.82 Å². The molecule has 1 heterocycles. The number of benzene rings is 1. The van der Waals surface area contributed by atoms with Crippen LogP contribution in [0.2, 0.25) is 0 Å². The van der Waals surface area contributed by atoms with Gasteiger partial charge < -0.3 is 10.3 Å². The molecule has 2 N–H and O–H groups in total. The number of hydrogen-bond acceptors (Lipinski definition) is 1. The SMILES string of the molecule is Cn1c(CCCC(N)=O)cc2cccc(F)c21. The van der Waals surface area contributed by atoms with Gasteiger partial charge in [-0.2, -0.15) is 0 Å². The summed E-state index contributed by atoms with van der Waals surface area (Å²) in [5.74, 6) is -0.513. The molecule has 4 heteroatoms. The van der Waals surface area contributed by atoms with E-state index in [-0.39, 0.29) is 11.7 Å². The van der Waals surface area contributed by atoms with Crippen LogP contribution in [-0.4, -0.2) is 10.5 Å². The van der Waals surface area contributed by atoms with Crippen LogP contribution < -0.4 is 5.73 Å². The van der Waals surface area contributed by atoms with Gasteiger partial charge in [-0.15, -0.1) is 0 Å². The maximum atomic E-state index is 13.6. The highest BCUT2D eigenvalue weighted by Gasteiger charge is 2.09. The minimum Gasteiger partial charge on any atom is -0.370 e. The largest absolute Gasteiger partial charge is 0.370 e. The zero-order valence-electron chi connectivity index (χ0n) is 9.74. The van der Waals surface area contributed by atoms with Gasteiger partial charge in [0.25, 0.3) is 0 Å². The second-order valence-corrected chi connectivity index (χ2v) is 4.19. The van der Waals surface area contributed by atoms with Gasteiger partial charge in [-0.3, -0.25) is 4.79 Å². The van der Waals surface area contributed by atoms with Crippen LogP contribution in [0.15, 0.2) is 24.3 Å². The van der Waals surface area contributed by atoms with Crippen LogP contribution in [0.25, 0.3) is 10.9 Å². The van der Waals surface area contributed by atoms with Crippen molar-refractivity contribution in [3.05, 3.63) is 35.8 Å². The van der Waals surface area contributed by atoms with Crippen LogP contribution in [0.1, 0.15) is 18.5 Å². The Labute approximate surface area is 99.0 Å². The minimum atomic E-state index is -0.296. The van der Waals surface area contributed by atoms with E-state index in [9.17, 15) is 9.18 Å². The highest BCUT2D eigenvalue weighted by molar-refractivity contribution is 5.81. The Hall–Kier alpha value is -1.84. The Morgan fingerprint density at radius 1 is 1.47 bits per heavy atom. The first-order chi connectivity index (χ1) is 8.09. The van der Waals surface area contributed by atoms with Gasteiger partial charge in [0.15, 0.2) is 0 Å². The molecule has 1 aromatic carbocycles. The maximum absolute atomic E-state index is 13.6. The summed E-state index contributed by atoms with van der Waals surface area (Å²) in [7, 11) is 1.84. The first kappa shape index (κ1) is 11.6. The number of nitrogens with zero attached hydrogens (tertiary/aromatic N) is 1. The van der Waals surface area contributed by atoms with E-state index in [0.29, 0.717) is 18.4 Å². The molecule has 2 rings (SSSR count). The van der Waals surface area contributed by atoms with Gasteiger partial charge >= 0.3 is 0 Å². The molecule has 1 amide bonds. The molecule has 0 fully saturated rings. The quantitative estimate of drug-likeness (QED) is 0.865. The highest BCUT2D eigenvalue weighted by Crippen LogP contribution is 2.22. The third kappa shape index (κ3) is 2.30. The molecule has 0 aliphatic rings. The average molecular weight is 234 g/mol. The molecule has 0 aliphatic heterocycles. The van der Waals surface area contributed by atoms with Gasteiger partial charge in [-0.1, -0.05) is 12.1 Å². The lowest BCUT2D eigenvalue weighted by Crippen LogP contribution is -2.10. The number of carbonyl (C=O) groups is 1. The Balaban J connectivity index is 2.27. The maximum Gasteiger partial charge on any atom is 0.217 e. The summed E-state index contributed by atoms with van der Waals surface area (Å²) < 4.78 is 15.5. The van der Waals surface area contributed by atoms with Crippen molar-refractivity contribution in [2.45, 2.75) is 19.3 Å². The van der Waals surface area contributed by atoms with E-state index in [4.69, 9.17) is 5.73 Å². The van der Waals surface area contributed by atoms with Crippen molar-refractivity contribution in [2.24, 2.45) is 12.8 Å². The molecule has 0 unspecified atom stereocenters. The normalized spacial score (nSPS) is 10.9. The van der Waals surface area contributed by atoms with Crippen molar-refractivity contribution in [3.8, 4) is 0 Å². The van der Waals surface area contributed by atoms with E-state index in [1.54, 1.807) is 6.07 Å². The first-order valence-corrected chi connectivity index (χ1v) is 5.60. The molecule has 1 aromatic heterocycles. The van der Waals surface area contributed by atoms with Crippen molar-refractivity contribution >= 4 is 16.8 Å². The fraction of sp³-hybridized carbons (Fsp3) is 0.308. The van der Waals surface area contributed by atoms with Crippen molar-refractivity contribution in [1.82, 2.24) is 4.57 Å². The summed E-state index contributed by atoms with van der Waals surface area (Å²) in [6.07, 6.45) is 1.79. The first-order valence-electron chi connectivity index (χ1n) is 5.60. The monoisotopic (exact) mass is 234 g/mol. The van der Waals surface area contributed by atoms with E-state index >= 15 is 0 Å². The number of halogens is 1. The molecule has 0 spiro atoms. The summed E-state index contributed by atoms with van der Waals surface area (Å²) >= 11 is 0. The number of fused-ring (bicyclic) bond motifs is 1. The third-order valence-electron chi connectivity index (χ3n) is 2.96. The second-order valence-electron chi connectivity index (χ2n) is 4.19. The van der Waals surface area contributed by atoms with E-state index in [0.717, 1.165) is 17.5 Å². The second kappa shape index (κ2) is 4.57. The van der Waals surface area contributed by atoms with Gasteiger partial charge in [0, 0.05) is 24.5 Å². The minimum absolute atomic E-state index is 0.217. The molecule has 0 atom stereocenters. The predicted molar refractivity (Wildman–Crippen MR) is 65.0 cm³/mol. The van der Waals surface area contributed by atoms with Gasteiger partial charge in [0.2, 0.25) is 5.91 Å². The molecule has 0 bridgehead atoms. The average Bonchev–Trinajstić information content (AvgIpc) is 2.57. The molecule has 3 nitrogen and oxygen atoms in total. The van der Waals surface area contributed by atoms with Crippen molar-refractivity contribution in [3.63, 3.8) is 0 Å². The molecule has 0 saturated carbocycles. The van der Waals surface area contributed by atoms with Crippen molar-refractivity contribution in [1.29, 1.82) is 0 Å². The van der Waals surface area contributed by atoms with Crippen LogP contribution in [0.3, 0.4) is 0 Å². The number of nitrogens with two attached hydrogens (primary N) is 1. The highest BCUT2D eigenvalue weighted by atomic mass is 19.1. The van der Waals surface area contributed by atoms with E-state index < -0.39 is 0 Å². The van der Waals surface area contributed by atoms with Gasteiger partial charge in [-0.05, 0) is 25.0 Å². The summed E-state index contributed by atoms with van der Waals surface area (Å²) in [5, 5.41) is 0.890. The van der Waals surface area contributed by atoms with Crippen molar-refractivity contribution < 1.29 is 9.18 Å². The molecule has 90 valence electrons. The van der Waals surface area contributed by atoms with Crippen LogP contribution in [0, 0.1) is 5.82 Å². The topological polar surface area (TPSA) is 48.0 Å². The zero-order valence-corrected chi connectivity index (χ0v) is 9.74. The number of hydrogen-bond donors (Lipinski definition) is 1. The van der Waals surface area contributed by atoms with Gasteiger partial charge in [0.05, 0.1) is 5.52 Å². The zero-order chi connectivity index (χ0) is 12.4. The van der Waals surface area contributed by atoms with E-state index in [1.165, 1.54) is 6.07 Å². The summed E-state index contributed by atoms with van der Waals surface area (Å²) in [4.78, 5) is 10.7. The molecule has 2 aromatic rings. The fourth-order valence-electron chi connectivity index (χ4n) is 2.11. The van der Waals surface area contributed by atoms with Crippen LogP contribution >= 0.6 is 0 Å². The Morgan fingerprint density at radius 2 is 2.24 bits per heavy atom. The lowest BCUT2D eigenvalue weighted by Gasteiger charge is -2.03. The summed E-state index contributed by atoms with van der Waals surface area (Å²) in [6, 6.07) is 7.00. The van der Waals surface area contributed by atoms with E-state index in [2.05, 4.69) is 0 Å². The smallest absolute Gasteiger partial charge is 0.217 e. The molecule has 0 saturated heterocycles. The molecule has 0 aliphatic carbocycles. The number of rotatable bonds is 4. The van der Waals surface area contributed by atoms with Crippen LogP contribution in [0.4, 0.5) is 4.39 Å². The molecule has 17 heavy (non-hydrogen) atoms. The lowest BCUT2D eigenvalue weighted by molar-refractivity contribution is -0.118. The Morgan fingerprint density at radius 3 is 2.88 bits per heavy atom. The standard InChI is InChI=1S/C13H15FN2O/c1-16-10(5-3-7-12(15)17)8-9-4-2-6-11(14)13(9)16/h2,4,6,8H,3,5,7H2,1H3,(H2,15,17). The Kier molecular flexibility index (Phi) is 3.13. The number of carbonyl (C=O) groups excluding carboxylic acids is 1. The fourth-order valence-corrected chi connectivity index (χ4v) is 2.11. The van der Waals surface area contributed by atoms with Crippen LogP contribution in [-0.2, 0) is 18.3 Å². The number of amides is 1. The van der Waals surface area contributed by atoms with Gasteiger partial charge in [-0.25, -0.2) is 4.39 Å². The van der Waals surface area contributed by atoms with Crippen LogP contribution in [0.5, 0.6) is 0 Å². The summed E-state index contributed by atoms with van der Waals surface area (Å²) in [6.45, 7) is 0.